The molecular formula is C9H20N2O3. The Bertz CT molecular complexity index is 142. The molecule has 0 fully saturated rings. The summed E-state index contributed by atoms with van der Waals surface area (Å²) in [5, 5.41) is 5.84. The Morgan fingerprint density at radius 1 is 1.29 bits per heavy atom. The maximum Gasteiger partial charge on any atom is 0.246 e. The molecule has 0 heterocycles. The van der Waals surface area contributed by atoms with Crippen LogP contribution in [0.15, 0.2) is 0 Å². The average molecular weight is 204 g/mol. The molecule has 84 valence electrons. The van der Waals surface area contributed by atoms with Crippen LogP contribution < -0.4 is 10.6 Å². The van der Waals surface area contributed by atoms with Crippen LogP contribution in [0, 0.1) is 0 Å². The summed E-state index contributed by atoms with van der Waals surface area (Å²) in [5.41, 5.74) is 0. The molecule has 0 aliphatic carbocycles. The molecule has 0 unspecified atom stereocenters. The Balaban J connectivity index is 3.07. The van der Waals surface area contributed by atoms with Crippen LogP contribution in [0.3, 0.4) is 0 Å². The zero-order valence-corrected chi connectivity index (χ0v) is 8.97. The molecule has 0 aromatic heterocycles. The number of nitrogens with one attached hydrogen (secondary N) is 2. The van der Waals surface area contributed by atoms with E-state index < -0.39 is 0 Å². The van der Waals surface area contributed by atoms with Gasteiger partial charge in [0.25, 0.3) is 0 Å². The summed E-state index contributed by atoms with van der Waals surface area (Å²) >= 11 is 0. The summed E-state index contributed by atoms with van der Waals surface area (Å²) in [7, 11) is 1.66. The molecule has 0 saturated carbocycles. The van der Waals surface area contributed by atoms with Crippen LogP contribution in [-0.2, 0) is 14.3 Å². The fourth-order valence-electron chi connectivity index (χ4n) is 0.835. The molecule has 0 aromatic carbocycles. The van der Waals surface area contributed by atoms with Gasteiger partial charge in [0.15, 0.2) is 0 Å². The first-order valence-electron chi connectivity index (χ1n) is 4.85. The van der Waals surface area contributed by atoms with Gasteiger partial charge >= 0.3 is 0 Å². The molecule has 14 heavy (non-hydrogen) atoms. The van der Waals surface area contributed by atoms with Crippen molar-refractivity contribution in [2.45, 2.75) is 6.92 Å². The van der Waals surface area contributed by atoms with Crippen LogP contribution in [0.2, 0.25) is 0 Å². The van der Waals surface area contributed by atoms with Gasteiger partial charge in [-0.25, -0.2) is 0 Å². The number of amides is 1. The van der Waals surface area contributed by atoms with Crippen LogP contribution in [0.1, 0.15) is 6.92 Å². The van der Waals surface area contributed by atoms with Gasteiger partial charge < -0.3 is 20.1 Å². The van der Waals surface area contributed by atoms with E-state index in [1.54, 1.807) is 7.11 Å². The Labute approximate surface area is 85.1 Å². The van der Waals surface area contributed by atoms with Crippen LogP contribution in [-0.4, -0.2) is 52.5 Å². The van der Waals surface area contributed by atoms with Gasteiger partial charge in [-0.3, -0.25) is 4.79 Å². The number of rotatable bonds is 9. The number of methoxy groups -OCH3 is 1. The Morgan fingerprint density at radius 2 is 2.07 bits per heavy atom. The van der Waals surface area contributed by atoms with E-state index in [1.165, 1.54) is 0 Å². The second-order valence-corrected chi connectivity index (χ2v) is 2.73. The van der Waals surface area contributed by atoms with E-state index in [9.17, 15) is 4.79 Å². The smallest absolute Gasteiger partial charge is 0.246 e. The molecule has 0 rings (SSSR count). The van der Waals surface area contributed by atoms with Crippen LogP contribution in [0.4, 0.5) is 0 Å². The summed E-state index contributed by atoms with van der Waals surface area (Å²) in [5.74, 6) is -0.0691. The molecule has 0 radical (unpaired) electrons. The van der Waals surface area contributed by atoms with Crippen molar-refractivity contribution in [2.24, 2.45) is 0 Å². The fourth-order valence-corrected chi connectivity index (χ4v) is 0.835. The third-order valence-corrected chi connectivity index (χ3v) is 1.54. The predicted octanol–water partition coefficient (Wildman–Crippen LogP) is -0.625. The highest BCUT2D eigenvalue weighted by atomic mass is 16.5. The lowest BCUT2D eigenvalue weighted by Crippen LogP contribution is -2.35. The predicted molar refractivity (Wildman–Crippen MR) is 54.2 cm³/mol. The normalized spacial score (nSPS) is 10.1. The van der Waals surface area contributed by atoms with Crippen molar-refractivity contribution in [1.82, 2.24) is 10.6 Å². The summed E-state index contributed by atoms with van der Waals surface area (Å²) in [6.07, 6.45) is 0. The molecule has 0 aromatic rings. The number of carbonyl (C=O) groups is 1. The summed E-state index contributed by atoms with van der Waals surface area (Å²) in [6, 6.07) is 0. The van der Waals surface area contributed by atoms with Gasteiger partial charge in [-0.15, -0.1) is 0 Å². The fraction of sp³-hybridized carbons (Fsp3) is 0.889. The molecule has 0 aliphatic heterocycles. The van der Waals surface area contributed by atoms with E-state index in [0.717, 1.165) is 13.1 Å². The zero-order chi connectivity index (χ0) is 10.6. The summed E-state index contributed by atoms with van der Waals surface area (Å²) in [4.78, 5) is 11.0. The maximum atomic E-state index is 11.0. The van der Waals surface area contributed by atoms with Crippen molar-refractivity contribution in [3.8, 4) is 0 Å². The third-order valence-electron chi connectivity index (χ3n) is 1.54. The standard InChI is InChI=1S/C9H20N2O3/c1-3-14-8-9(12)11-5-4-10-6-7-13-2/h10H,3-8H2,1-2H3,(H,11,12). The minimum Gasteiger partial charge on any atom is -0.383 e. The van der Waals surface area contributed by atoms with Gasteiger partial charge in [0.1, 0.15) is 6.61 Å². The van der Waals surface area contributed by atoms with E-state index in [4.69, 9.17) is 9.47 Å². The summed E-state index contributed by atoms with van der Waals surface area (Å²) in [6.45, 7) is 5.44. The highest BCUT2D eigenvalue weighted by Crippen LogP contribution is 1.73. The van der Waals surface area contributed by atoms with Gasteiger partial charge in [0.2, 0.25) is 5.91 Å². The van der Waals surface area contributed by atoms with Gasteiger partial charge in [-0.1, -0.05) is 0 Å². The minimum atomic E-state index is -0.0691. The van der Waals surface area contributed by atoms with E-state index >= 15 is 0 Å². The second-order valence-electron chi connectivity index (χ2n) is 2.73. The van der Waals surface area contributed by atoms with Crippen molar-refractivity contribution in [1.29, 1.82) is 0 Å². The Hall–Kier alpha value is -0.650. The van der Waals surface area contributed by atoms with E-state index in [1.807, 2.05) is 6.92 Å². The average Bonchev–Trinajstić information content (AvgIpc) is 2.20. The third kappa shape index (κ3) is 9.44. The lowest BCUT2D eigenvalue weighted by Gasteiger charge is -2.06. The maximum absolute atomic E-state index is 11.0. The second kappa shape index (κ2) is 10.4. The summed E-state index contributed by atoms with van der Waals surface area (Å²) < 4.78 is 9.79. The van der Waals surface area contributed by atoms with Crippen molar-refractivity contribution < 1.29 is 14.3 Å². The van der Waals surface area contributed by atoms with E-state index in [0.29, 0.717) is 19.8 Å². The van der Waals surface area contributed by atoms with Crippen molar-refractivity contribution in [2.75, 3.05) is 46.6 Å². The van der Waals surface area contributed by atoms with Gasteiger partial charge in [-0.05, 0) is 6.92 Å². The molecule has 5 nitrogen and oxygen atoms in total. The van der Waals surface area contributed by atoms with Gasteiger partial charge in [0.05, 0.1) is 6.61 Å². The number of ether oxygens (including phenoxy) is 2. The molecule has 0 bridgehead atoms. The van der Waals surface area contributed by atoms with Gasteiger partial charge in [-0.2, -0.15) is 0 Å². The molecular weight excluding hydrogens is 184 g/mol. The molecule has 5 heteroatoms. The first kappa shape index (κ1) is 13.4. The van der Waals surface area contributed by atoms with Crippen LogP contribution >= 0.6 is 0 Å². The molecule has 0 spiro atoms. The first-order chi connectivity index (χ1) is 6.81. The number of carbonyl (C=O) groups excluding carboxylic acids is 1. The molecule has 0 saturated heterocycles. The Morgan fingerprint density at radius 3 is 2.71 bits per heavy atom. The molecule has 2 N–H and O–H groups in total. The van der Waals surface area contributed by atoms with Gasteiger partial charge in [0, 0.05) is 33.4 Å². The molecule has 0 aliphatic rings. The highest BCUT2D eigenvalue weighted by molar-refractivity contribution is 5.77. The van der Waals surface area contributed by atoms with E-state index in [2.05, 4.69) is 10.6 Å². The lowest BCUT2D eigenvalue weighted by molar-refractivity contribution is -0.125. The van der Waals surface area contributed by atoms with Crippen LogP contribution in [0.25, 0.3) is 0 Å². The highest BCUT2D eigenvalue weighted by Gasteiger charge is 1.98. The largest absolute Gasteiger partial charge is 0.383 e. The van der Waals surface area contributed by atoms with Crippen LogP contribution in [0.5, 0.6) is 0 Å². The molecule has 0 atom stereocenters. The Kier molecular flexibility index (Phi) is 9.95. The zero-order valence-electron chi connectivity index (χ0n) is 8.97. The monoisotopic (exact) mass is 204 g/mol. The minimum absolute atomic E-state index is 0.0691. The van der Waals surface area contributed by atoms with Crippen molar-refractivity contribution in [3.05, 3.63) is 0 Å². The number of hydrogen-bond acceptors (Lipinski definition) is 4. The van der Waals surface area contributed by atoms with Crippen molar-refractivity contribution in [3.63, 3.8) is 0 Å². The number of hydrogen-bond donors (Lipinski definition) is 2. The SMILES string of the molecule is CCOCC(=O)NCCNCCOC. The first-order valence-corrected chi connectivity index (χ1v) is 4.85. The molecule has 1 amide bonds. The lowest BCUT2D eigenvalue weighted by atomic mass is 10.5. The quantitative estimate of drug-likeness (QED) is 0.491. The topological polar surface area (TPSA) is 59.6 Å². The van der Waals surface area contributed by atoms with E-state index in [-0.39, 0.29) is 12.5 Å². The van der Waals surface area contributed by atoms with Crippen molar-refractivity contribution >= 4 is 5.91 Å².